The number of thiophene rings is 1. The van der Waals surface area contributed by atoms with Crippen molar-refractivity contribution >= 4 is 119 Å². The third-order valence-electron chi connectivity index (χ3n) is 12.2. The van der Waals surface area contributed by atoms with Crippen LogP contribution in [0.25, 0.3) is 125 Å². The van der Waals surface area contributed by atoms with E-state index in [1.807, 2.05) is 0 Å². The topological polar surface area (TPSA) is 39.5 Å². The lowest BCUT2D eigenvalue weighted by molar-refractivity contribution is 1.02. The number of fused-ring (bicyclic) bond motifs is 16. The van der Waals surface area contributed by atoms with Gasteiger partial charge < -0.3 is 8.80 Å². The molecule has 8 aromatic carbocycles. The van der Waals surface area contributed by atoms with Crippen LogP contribution in [0, 0.1) is 0 Å². The molecule has 0 fully saturated rings. The quantitative estimate of drug-likeness (QED) is 0.178. The zero-order chi connectivity index (χ0) is 36.2. The molecule has 0 amide bonds. The van der Waals surface area contributed by atoms with Crippen molar-refractivity contribution in [2.45, 2.75) is 0 Å². The van der Waals surface area contributed by atoms with E-state index in [-0.39, 0.29) is 0 Å². The van der Waals surface area contributed by atoms with Crippen LogP contribution in [0.15, 0.2) is 164 Å². The van der Waals surface area contributed by atoms with Gasteiger partial charge in [-0.05, 0) is 41.8 Å². The molecule has 14 aromatic rings. The maximum Gasteiger partial charge on any atom is 0.236 e. The van der Waals surface area contributed by atoms with Crippen LogP contribution in [0.3, 0.4) is 0 Å². The highest BCUT2D eigenvalue weighted by Gasteiger charge is 2.26. The zero-order valence-corrected chi connectivity index (χ0v) is 30.5. The van der Waals surface area contributed by atoms with Gasteiger partial charge in [0.15, 0.2) is 0 Å². The molecule has 0 bridgehead atoms. The fourth-order valence-electron chi connectivity index (χ4n) is 9.97. The van der Waals surface area contributed by atoms with Crippen LogP contribution in [0.1, 0.15) is 0 Å². The Morgan fingerprint density at radius 3 is 1.77 bits per heavy atom. The van der Waals surface area contributed by atoms with Crippen LogP contribution >= 0.6 is 11.3 Å². The van der Waals surface area contributed by atoms with Crippen LogP contribution < -0.4 is 0 Å². The van der Waals surface area contributed by atoms with Gasteiger partial charge in [0, 0.05) is 58.7 Å². The summed E-state index contributed by atoms with van der Waals surface area (Å²) in [6.45, 7) is 0. The van der Waals surface area contributed by atoms with Crippen molar-refractivity contribution in [3.8, 4) is 17.2 Å². The monoisotopic (exact) mass is 729 g/mol. The summed E-state index contributed by atoms with van der Waals surface area (Å²) in [5, 5.41) is 12.1. The van der Waals surface area contributed by atoms with Crippen molar-refractivity contribution < 1.29 is 0 Å². The summed E-state index contributed by atoms with van der Waals surface area (Å²) in [5.74, 6) is 0.679. The van der Waals surface area contributed by atoms with Crippen LogP contribution in [0.2, 0.25) is 0 Å². The third-order valence-corrected chi connectivity index (χ3v) is 13.2. The largest absolute Gasteiger partial charge is 0.306 e. The van der Waals surface area contributed by atoms with Gasteiger partial charge in [-0.25, -0.2) is 9.97 Å². The van der Waals surface area contributed by atoms with E-state index < -0.39 is 0 Å². The maximum absolute atomic E-state index is 5.56. The van der Waals surface area contributed by atoms with Gasteiger partial charge in [-0.15, -0.1) is 11.3 Å². The number of benzene rings is 8. The molecule has 0 spiro atoms. The van der Waals surface area contributed by atoms with E-state index in [1.165, 1.54) is 75.2 Å². The fraction of sp³-hybridized carbons (Fsp3) is 0. The smallest absolute Gasteiger partial charge is 0.236 e. The molecule has 0 N–H and O–H groups in total. The Morgan fingerprint density at radius 1 is 0.375 bits per heavy atom. The van der Waals surface area contributed by atoms with Crippen molar-refractivity contribution in [2.75, 3.05) is 0 Å². The molecule has 6 aromatic heterocycles. The molecular weight excluding hydrogens is 703 g/mol. The molecule has 0 aliphatic carbocycles. The van der Waals surface area contributed by atoms with Gasteiger partial charge in [-0.2, -0.15) is 0 Å². The Bertz CT molecular complexity index is 3990. The van der Waals surface area contributed by atoms with Gasteiger partial charge in [-0.1, -0.05) is 127 Å². The average Bonchev–Trinajstić information content (AvgIpc) is 3.97. The summed E-state index contributed by atoms with van der Waals surface area (Å²) >= 11 is 1.74. The van der Waals surface area contributed by atoms with Gasteiger partial charge in [0.05, 0.1) is 49.8 Å². The first kappa shape index (κ1) is 29.1. The number of rotatable bonds is 2. The van der Waals surface area contributed by atoms with Gasteiger partial charge >= 0.3 is 0 Å². The normalized spacial score (nSPS) is 12.6. The minimum Gasteiger partial charge on any atom is -0.306 e. The highest BCUT2D eigenvalue weighted by atomic mass is 32.1. The molecule has 0 aliphatic rings. The third kappa shape index (κ3) is 3.47. The summed E-state index contributed by atoms with van der Waals surface area (Å²) in [6, 6.07) is 59.6. The van der Waals surface area contributed by atoms with Crippen molar-refractivity contribution in [2.24, 2.45) is 0 Å². The maximum atomic E-state index is 5.56. The number of hydrogen-bond acceptors (Lipinski definition) is 3. The summed E-state index contributed by atoms with van der Waals surface area (Å²) < 4.78 is 8.57. The second-order valence-electron chi connectivity index (χ2n) is 14.9. The van der Waals surface area contributed by atoms with Crippen LogP contribution in [-0.2, 0) is 0 Å². The Morgan fingerprint density at radius 2 is 0.964 bits per heavy atom. The number of nitrogens with zero attached hydrogens (tertiary/aromatic N) is 5. The highest BCUT2D eigenvalue weighted by molar-refractivity contribution is 7.25. The number of hydrogen-bond donors (Lipinski definition) is 0. The van der Waals surface area contributed by atoms with E-state index in [4.69, 9.17) is 9.97 Å². The van der Waals surface area contributed by atoms with Crippen LogP contribution in [0.4, 0.5) is 0 Å². The molecule has 0 radical (unpaired) electrons. The predicted molar refractivity (Wildman–Crippen MR) is 235 cm³/mol. The zero-order valence-electron chi connectivity index (χ0n) is 29.7. The first-order valence-electron chi connectivity index (χ1n) is 19.0. The first-order valence-corrected chi connectivity index (χ1v) is 19.8. The Hall–Kier alpha value is -7.28. The SMILES string of the molecule is c1ccc(-c2nc(-n3c4ccccc4c4ccc5c(c6ccc7ccc8c9ccccc9n9c%10ccccc%10n5c6c7c89)c43)nc3sc4ccccc4c23)cc1. The van der Waals surface area contributed by atoms with E-state index in [9.17, 15) is 0 Å². The second kappa shape index (κ2) is 10.3. The number of para-hydroxylation sites is 4. The molecule has 0 saturated heterocycles. The number of aromatic nitrogens is 5. The van der Waals surface area contributed by atoms with E-state index in [1.54, 1.807) is 11.3 Å². The van der Waals surface area contributed by atoms with E-state index in [2.05, 4.69) is 177 Å². The van der Waals surface area contributed by atoms with Crippen molar-refractivity contribution in [1.82, 2.24) is 23.3 Å². The predicted octanol–water partition coefficient (Wildman–Crippen LogP) is 13.3. The molecule has 5 nitrogen and oxygen atoms in total. The molecule has 56 heavy (non-hydrogen) atoms. The average molecular weight is 730 g/mol. The van der Waals surface area contributed by atoms with Gasteiger partial charge in [-0.3, -0.25) is 4.57 Å². The fourth-order valence-corrected chi connectivity index (χ4v) is 11.0. The Labute approximate surface area is 321 Å². The summed E-state index contributed by atoms with van der Waals surface area (Å²) in [7, 11) is 0. The highest BCUT2D eigenvalue weighted by Crippen LogP contribution is 2.47. The molecule has 0 unspecified atom stereocenters. The van der Waals surface area contributed by atoms with E-state index in [0.29, 0.717) is 5.95 Å². The van der Waals surface area contributed by atoms with Gasteiger partial charge in [0.25, 0.3) is 0 Å². The molecule has 0 atom stereocenters. The molecule has 6 heteroatoms. The Kier molecular flexibility index (Phi) is 5.34. The van der Waals surface area contributed by atoms with Crippen molar-refractivity contribution in [1.29, 1.82) is 0 Å². The standard InChI is InChI=1S/C50H27N5S/c1-2-12-29(13-3-1)45-44-34-16-6-11-21-41(34)56-49(44)52-50(51-45)55-37-18-8-5-15-31(37)33-26-27-40-43(47(33)55)35-25-23-28-22-24-32-30-14-4-7-17-36(30)53-38-19-9-10-20-39(38)54(40)48(35)42(28)46(32)53/h1-27H. The van der Waals surface area contributed by atoms with Crippen molar-refractivity contribution in [3.63, 3.8) is 0 Å². The molecule has 14 rings (SSSR count). The molecule has 258 valence electrons. The van der Waals surface area contributed by atoms with Crippen LogP contribution in [0.5, 0.6) is 0 Å². The summed E-state index contributed by atoms with van der Waals surface area (Å²) in [4.78, 5) is 12.0. The molecular formula is C50H27N5S. The first-order chi connectivity index (χ1) is 27.8. The van der Waals surface area contributed by atoms with Gasteiger partial charge in [0.1, 0.15) is 4.83 Å². The lowest BCUT2D eigenvalue weighted by atomic mass is 10.0. The van der Waals surface area contributed by atoms with E-state index >= 15 is 0 Å². The molecule has 6 heterocycles. The minimum atomic E-state index is 0.679. The Balaban J connectivity index is 1.23. The van der Waals surface area contributed by atoms with Crippen LogP contribution in [-0.4, -0.2) is 23.3 Å². The molecule has 0 aliphatic heterocycles. The summed E-state index contributed by atoms with van der Waals surface area (Å²) in [5.41, 5.74) is 11.4. The minimum absolute atomic E-state index is 0.679. The van der Waals surface area contributed by atoms with E-state index in [0.717, 1.165) is 43.5 Å². The van der Waals surface area contributed by atoms with Gasteiger partial charge in [0.2, 0.25) is 5.95 Å². The lowest BCUT2D eigenvalue weighted by Crippen LogP contribution is -2.03. The second-order valence-corrected chi connectivity index (χ2v) is 16.0. The lowest BCUT2D eigenvalue weighted by Gasteiger charge is -2.11. The molecule has 0 saturated carbocycles. The van der Waals surface area contributed by atoms with Crippen molar-refractivity contribution in [3.05, 3.63) is 164 Å². The summed E-state index contributed by atoms with van der Waals surface area (Å²) in [6.07, 6.45) is 0.